The van der Waals surface area contributed by atoms with Crippen molar-refractivity contribution in [3.8, 4) is 0 Å². The van der Waals surface area contributed by atoms with E-state index in [1.54, 1.807) is 34.6 Å². The number of carbonyl (C=O) groups is 2. The zero-order valence-electron chi connectivity index (χ0n) is 11.6. The molecular formula is C12H23NO5. The first-order valence-corrected chi connectivity index (χ1v) is 5.92. The summed E-state index contributed by atoms with van der Waals surface area (Å²) in [4.78, 5) is 24.3. The molecule has 0 aliphatic carbocycles. The van der Waals surface area contributed by atoms with Gasteiger partial charge >= 0.3 is 12.1 Å². The fourth-order valence-electron chi connectivity index (χ4n) is 1.73. The van der Waals surface area contributed by atoms with Gasteiger partial charge < -0.3 is 14.9 Å². The molecule has 0 aromatic rings. The first-order chi connectivity index (χ1) is 8.12. The van der Waals surface area contributed by atoms with Crippen LogP contribution in [0.15, 0.2) is 0 Å². The van der Waals surface area contributed by atoms with Gasteiger partial charge in [0.2, 0.25) is 0 Å². The Hall–Kier alpha value is -1.30. The largest absolute Gasteiger partial charge is 0.465 e. The predicted molar refractivity (Wildman–Crippen MR) is 66.3 cm³/mol. The van der Waals surface area contributed by atoms with Gasteiger partial charge in [0.1, 0.15) is 12.6 Å². The summed E-state index contributed by atoms with van der Waals surface area (Å²) in [6.45, 7) is 8.26. The molecule has 0 spiro atoms. The van der Waals surface area contributed by atoms with Crippen LogP contribution in [0.5, 0.6) is 0 Å². The molecule has 0 aliphatic rings. The van der Waals surface area contributed by atoms with Crippen molar-refractivity contribution in [1.29, 1.82) is 0 Å². The number of ether oxygens (including phenoxy) is 1. The molecule has 106 valence electrons. The summed E-state index contributed by atoms with van der Waals surface area (Å²) < 4.78 is 4.85. The Bertz CT molecular complexity index is 295. The number of hydrogen-bond acceptors (Lipinski definition) is 4. The maximum absolute atomic E-state index is 11.9. The molecule has 0 aromatic heterocycles. The zero-order valence-corrected chi connectivity index (χ0v) is 11.6. The number of nitrogens with zero attached hydrogens (tertiary/aromatic N) is 1. The van der Waals surface area contributed by atoms with Gasteiger partial charge in [0.05, 0.1) is 6.61 Å². The molecule has 0 rings (SSSR count). The van der Waals surface area contributed by atoms with E-state index in [2.05, 4.69) is 0 Å². The lowest BCUT2D eigenvalue weighted by molar-refractivity contribution is -0.154. The summed E-state index contributed by atoms with van der Waals surface area (Å²) in [5.41, 5.74) is -0.709. The number of aliphatic hydroxyl groups excluding tert-OH is 1. The molecule has 1 amide bonds. The Morgan fingerprint density at radius 3 is 2.06 bits per heavy atom. The summed E-state index contributed by atoms with van der Waals surface area (Å²) in [5, 5.41) is 17.9. The highest BCUT2D eigenvalue weighted by Crippen LogP contribution is 2.23. The standard InChI is InChI=1S/C12H23NO5/c1-8(2)9(10(15)18-7-6-14)13(11(16)17)12(3,4)5/h8-9,14H,6-7H2,1-5H3,(H,16,17)/t9-/m0/s1. The maximum Gasteiger partial charge on any atom is 0.408 e. The van der Waals surface area contributed by atoms with Gasteiger partial charge in [-0.15, -0.1) is 0 Å². The fraction of sp³-hybridized carbons (Fsp3) is 0.833. The monoisotopic (exact) mass is 261 g/mol. The van der Waals surface area contributed by atoms with Crippen LogP contribution in [0.1, 0.15) is 34.6 Å². The number of rotatable bonds is 5. The Balaban J connectivity index is 5.17. The summed E-state index contributed by atoms with van der Waals surface area (Å²) >= 11 is 0. The average Bonchev–Trinajstić information content (AvgIpc) is 2.19. The number of carbonyl (C=O) groups excluding carboxylic acids is 1. The second-order valence-electron chi connectivity index (χ2n) is 5.40. The predicted octanol–water partition coefficient (Wildman–Crippen LogP) is 1.32. The number of hydrogen-bond donors (Lipinski definition) is 2. The van der Waals surface area contributed by atoms with Gasteiger partial charge in [0.25, 0.3) is 0 Å². The summed E-state index contributed by atoms with van der Waals surface area (Å²) in [6.07, 6.45) is -1.16. The van der Waals surface area contributed by atoms with Crippen molar-refractivity contribution in [3.05, 3.63) is 0 Å². The highest BCUT2D eigenvalue weighted by Gasteiger charge is 2.40. The molecule has 0 saturated heterocycles. The minimum Gasteiger partial charge on any atom is -0.465 e. The molecule has 1 atom stereocenters. The van der Waals surface area contributed by atoms with Crippen LogP contribution in [0, 0.1) is 5.92 Å². The van der Waals surface area contributed by atoms with Crippen LogP contribution in [-0.2, 0) is 9.53 Å². The lowest BCUT2D eigenvalue weighted by Gasteiger charge is -2.39. The Morgan fingerprint density at radius 2 is 1.78 bits per heavy atom. The second-order valence-corrected chi connectivity index (χ2v) is 5.40. The Morgan fingerprint density at radius 1 is 1.28 bits per heavy atom. The maximum atomic E-state index is 11.9. The molecule has 6 heteroatoms. The van der Waals surface area contributed by atoms with Gasteiger partial charge in [-0.05, 0) is 26.7 Å². The number of carboxylic acid groups (broad SMARTS) is 1. The van der Waals surface area contributed by atoms with Crippen LogP contribution in [-0.4, -0.2) is 52.0 Å². The average molecular weight is 261 g/mol. The molecule has 0 aliphatic heterocycles. The van der Waals surface area contributed by atoms with E-state index in [0.29, 0.717) is 0 Å². The minimum absolute atomic E-state index is 0.125. The molecule has 18 heavy (non-hydrogen) atoms. The van der Waals surface area contributed by atoms with E-state index in [0.717, 1.165) is 4.90 Å². The van der Waals surface area contributed by atoms with Crippen molar-refractivity contribution >= 4 is 12.1 Å². The van der Waals surface area contributed by atoms with E-state index in [1.165, 1.54) is 0 Å². The summed E-state index contributed by atoms with van der Waals surface area (Å²) in [7, 11) is 0. The van der Waals surface area contributed by atoms with Gasteiger partial charge in [-0.25, -0.2) is 9.59 Å². The van der Waals surface area contributed by atoms with Crippen LogP contribution >= 0.6 is 0 Å². The highest BCUT2D eigenvalue weighted by atomic mass is 16.5. The first kappa shape index (κ1) is 16.7. The summed E-state index contributed by atoms with van der Waals surface area (Å²) in [6, 6.07) is -0.881. The molecule has 6 nitrogen and oxygen atoms in total. The molecular weight excluding hydrogens is 238 g/mol. The molecule has 0 fully saturated rings. The molecule has 0 bridgehead atoms. The number of esters is 1. The Labute approximate surface area is 108 Å². The van der Waals surface area contributed by atoms with E-state index < -0.39 is 23.6 Å². The third-order valence-electron chi connectivity index (χ3n) is 2.42. The molecule has 2 N–H and O–H groups in total. The molecule has 0 saturated carbocycles. The van der Waals surface area contributed by atoms with Crippen molar-refractivity contribution in [2.24, 2.45) is 5.92 Å². The molecule has 0 heterocycles. The van der Waals surface area contributed by atoms with Gasteiger partial charge in [0.15, 0.2) is 0 Å². The van der Waals surface area contributed by atoms with E-state index in [4.69, 9.17) is 9.84 Å². The molecule has 0 unspecified atom stereocenters. The third-order valence-corrected chi connectivity index (χ3v) is 2.42. The number of aliphatic hydroxyl groups is 1. The van der Waals surface area contributed by atoms with Crippen LogP contribution in [0.3, 0.4) is 0 Å². The van der Waals surface area contributed by atoms with Crippen LogP contribution in [0.2, 0.25) is 0 Å². The van der Waals surface area contributed by atoms with Crippen molar-refractivity contribution in [1.82, 2.24) is 4.90 Å². The van der Waals surface area contributed by atoms with E-state index in [-0.39, 0.29) is 19.1 Å². The third kappa shape index (κ3) is 4.52. The van der Waals surface area contributed by atoms with Crippen LogP contribution in [0.4, 0.5) is 4.79 Å². The lowest BCUT2D eigenvalue weighted by atomic mass is 9.96. The van der Waals surface area contributed by atoms with E-state index in [1.807, 2.05) is 0 Å². The number of amides is 1. The van der Waals surface area contributed by atoms with Crippen LogP contribution in [0.25, 0.3) is 0 Å². The normalized spacial score (nSPS) is 13.3. The fourth-order valence-corrected chi connectivity index (χ4v) is 1.73. The minimum atomic E-state index is -1.16. The quantitative estimate of drug-likeness (QED) is 0.729. The van der Waals surface area contributed by atoms with Gasteiger partial charge in [-0.2, -0.15) is 0 Å². The smallest absolute Gasteiger partial charge is 0.408 e. The van der Waals surface area contributed by atoms with Crippen molar-refractivity contribution < 1.29 is 24.5 Å². The van der Waals surface area contributed by atoms with Crippen molar-refractivity contribution in [2.45, 2.75) is 46.2 Å². The van der Waals surface area contributed by atoms with Crippen LogP contribution < -0.4 is 0 Å². The van der Waals surface area contributed by atoms with E-state index >= 15 is 0 Å². The first-order valence-electron chi connectivity index (χ1n) is 5.92. The molecule has 0 aromatic carbocycles. The van der Waals surface area contributed by atoms with E-state index in [9.17, 15) is 14.7 Å². The van der Waals surface area contributed by atoms with Gasteiger partial charge in [-0.3, -0.25) is 4.90 Å². The summed E-state index contributed by atoms with van der Waals surface area (Å²) in [5.74, 6) is -0.845. The van der Waals surface area contributed by atoms with Gasteiger partial charge in [-0.1, -0.05) is 13.8 Å². The topological polar surface area (TPSA) is 87.1 Å². The zero-order chi connectivity index (χ0) is 14.5. The highest BCUT2D eigenvalue weighted by molar-refractivity contribution is 5.81. The second kappa shape index (κ2) is 6.58. The van der Waals surface area contributed by atoms with Crippen molar-refractivity contribution in [3.63, 3.8) is 0 Å². The van der Waals surface area contributed by atoms with Gasteiger partial charge in [0, 0.05) is 5.54 Å². The van der Waals surface area contributed by atoms with Crippen molar-refractivity contribution in [2.75, 3.05) is 13.2 Å². The Kier molecular flexibility index (Phi) is 6.11. The molecule has 0 radical (unpaired) electrons. The lowest BCUT2D eigenvalue weighted by Crippen LogP contribution is -2.56. The SMILES string of the molecule is CC(C)[C@@H](C(=O)OCCO)N(C(=O)O)C(C)(C)C.